The molecule has 0 aliphatic rings. The number of amides is 2. The Bertz CT molecular complexity index is 1060. The first-order valence-corrected chi connectivity index (χ1v) is 12.8. The molecular weight excluding hydrogens is 469 g/mol. The van der Waals surface area contributed by atoms with Crippen molar-refractivity contribution in [1.29, 1.82) is 0 Å². The molecule has 0 saturated carbocycles. The number of carbonyl (C=O) groups excluding carboxylic acids is 2. The lowest BCUT2D eigenvalue weighted by Gasteiger charge is -2.30. The van der Waals surface area contributed by atoms with Gasteiger partial charge in [-0.25, -0.2) is 12.8 Å². The summed E-state index contributed by atoms with van der Waals surface area (Å²) in [5, 5.41) is 2.98. The first kappa shape index (κ1) is 26.6. The quantitative estimate of drug-likeness (QED) is 0.514. The highest BCUT2D eigenvalue weighted by molar-refractivity contribution is 7.92. The van der Waals surface area contributed by atoms with Crippen LogP contribution >= 0.6 is 11.6 Å². The summed E-state index contributed by atoms with van der Waals surface area (Å²) >= 11 is 6.00. The van der Waals surface area contributed by atoms with E-state index >= 15 is 0 Å². The van der Waals surface area contributed by atoms with Gasteiger partial charge < -0.3 is 10.2 Å². The minimum absolute atomic E-state index is 0.0290. The molecule has 0 saturated heterocycles. The van der Waals surface area contributed by atoms with E-state index in [1.807, 2.05) is 0 Å². The molecule has 7 nitrogen and oxygen atoms in total. The molecule has 0 heterocycles. The van der Waals surface area contributed by atoms with Crippen molar-refractivity contribution in [3.8, 4) is 0 Å². The zero-order valence-electron chi connectivity index (χ0n) is 18.9. The lowest BCUT2D eigenvalue weighted by atomic mass is 10.1. The lowest BCUT2D eigenvalue weighted by Crippen LogP contribution is -2.48. The number of carbonyl (C=O) groups is 2. The van der Waals surface area contributed by atoms with E-state index in [1.165, 1.54) is 28.4 Å². The first-order chi connectivity index (χ1) is 15.6. The zero-order valence-corrected chi connectivity index (χ0v) is 20.5. The van der Waals surface area contributed by atoms with E-state index in [1.54, 1.807) is 43.3 Å². The molecule has 0 aromatic heterocycles. The Morgan fingerprint density at radius 3 is 2.36 bits per heavy atom. The van der Waals surface area contributed by atoms with Crippen LogP contribution in [0.2, 0.25) is 5.02 Å². The van der Waals surface area contributed by atoms with Gasteiger partial charge in [0.05, 0.1) is 11.9 Å². The number of hydrogen-bond acceptors (Lipinski definition) is 4. The van der Waals surface area contributed by atoms with Gasteiger partial charge in [-0.1, -0.05) is 36.7 Å². The molecule has 2 amide bonds. The van der Waals surface area contributed by atoms with Crippen molar-refractivity contribution in [3.63, 3.8) is 0 Å². The van der Waals surface area contributed by atoms with Crippen LogP contribution in [0.1, 0.15) is 31.7 Å². The van der Waals surface area contributed by atoms with Crippen LogP contribution in [0.15, 0.2) is 48.5 Å². The molecule has 0 spiro atoms. The molecule has 2 aromatic rings. The molecule has 180 valence electrons. The van der Waals surface area contributed by atoms with Gasteiger partial charge in [-0.05, 0) is 48.7 Å². The maximum atomic E-state index is 13.3. The summed E-state index contributed by atoms with van der Waals surface area (Å²) in [7, 11) is -2.09. The van der Waals surface area contributed by atoms with Gasteiger partial charge in [0.15, 0.2) is 0 Å². The van der Waals surface area contributed by atoms with E-state index in [2.05, 4.69) is 5.32 Å². The summed E-state index contributed by atoms with van der Waals surface area (Å²) in [6, 6.07) is 11.5. The van der Waals surface area contributed by atoms with Crippen LogP contribution < -0.4 is 9.62 Å². The summed E-state index contributed by atoms with van der Waals surface area (Å²) in [5.41, 5.74) is 1.10. The van der Waals surface area contributed by atoms with Crippen LogP contribution in [-0.2, 0) is 26.2 Å². The fourth-order valence-corrected chi connectivity index (χ4v) is 4.65. The Labute approximate surface area is 199 Å². The van der Waals surface area contributed by atoms with E-state index in [0.29, 0.717) is 22.7 Å². The van der Waals surface area contributed by atoms with E-state index in [4.69, 9.17) is 11.6 Å². The van der Waals surface area contributed by atoms with Gasteiger partial charge in [-0.3, -0.25) is 13.9 Å². The highest BCUT2D eigenvalue weighted by atomic mass is 35.5. The predicted octanol–water partition coefficient (Wildman–Crippen LogP) is 3.58. The third-order valence-electron chi connectivity index (χ3n) is 5.15. The van der Waals surface area contributed by atoms with Crippen molar-refractivity contribution in [2.24, 2.45) is 0 Å². The van der Waals surface area contributed by atoms with Crippen LogP contribution in [0.25, 0.3) is 0 Å². The largest absolute Gasteiger partial charge is 0.357 e. The Balaban J connectivity index is 2.18. The molecule has 0 aliphatic carbocycles. The number of nitrogens with one attached hydrogen (secondary N) is 1. The molecule has 1 N–H and O–H groups in total. The number of benzene rings is 2. The fraction of sp³-hybridized carbons (Fsp3) is 0.391. The SMILES string of the molecule is CC[C@H](C(=O)NC)N(Cc1ccc(F)cc1)C(=O)CCCN(c1cccc(Cl)c1)S(C)(=O)=O. The van der Waals surface area contributed by atoms with Crippen molar-refractivity contribution in [3.05, 3.63) is 64.9 Å². The second kappa shape index (κ2) is 12.0. The van der Waals surface area contributed by atoms with Crippen molar-refractivity contribution < 1.29 is 22.4 Å². The van der Waals surface area contributed by atoms with Gasteiger partial charge in [0.1, 0.15) is 11.9 Å². The van der Waals surface area contributed by atoms with Crippen molar-refractivity contribution in [1.82, 2.24) is 10.2 Å². The normalized spacial score (nSPS) is 12.2. The standard InChI is InChI=1S/C23H29ClFN3O4S/c1-4-21(23(30)26-2)27(16-17-10-12-19(25)13-11-17)22(29)9-6-14-28(33(3,31)32)20-8-5-7-18(24)15-20/h5,7-8,10-13,15,21H,4,6,9,14,16H2,1-3H3,(H,26,30)/t21-/m1/s1. The summed E-state index contributed by atoms with van der Waals surface area (Å²) < 4.78 is 39.1. The number of halogens is 2. The summed E-state index contributed by atoms with van der Waals surface area (Å²) in [4.78, 5) is 27.0. The van der Waals surface area contributed by atoms with Crippen LogP contribution in [0.5, 0.6) is 0 Å². The minimum atomic E-state index is -3.59. The Hall–Kier alpha value is -2.65. The number of nitrogens with zero attached hydrogens (tertiary/aromatic N) is 2. The van der Waals surface area contributed by atoms with Crippen molar-refractivity contribution in [2.45, 2.75) is 38.8 Å². The number of hydrogen-bond donors (Lipinski definition) is 1. The zero-order chi connectivity index (χ0) is 24.6. The second-order valence-electron chi connectivity index (χ2n) is 7.60. The van der Waals surface area contributed by atoms with Crippen LogP contribution in [0.3, 0.4) is 0 Å². The predicted molar refractivity (Wildman–Crippen MR) is 128 cm³/mol. The van der Waals surface area contributed by atoms with Gasteiger partial charge in [0.2, 0.25) is 21.8 Å². The van der Waals surface area contributed by atoms with Gasteiger partial charge in [-0.15, -0.1) is 0 Å². The van der Waals surface area contributed by atoms with Gasteiger partial charge >= 0.3 is 0 Å². The van der Waals surface area contributed by atoms with Gasteiger partial charge in [0.25, 0.3) is 0 Å². The van der Waals surface area contributed by atoms with Crippen molar-refractivity contribution >= 4 is 39.1 Å². The Kier molecular flexibility index (Phi) is 9.67. The van der Waals surface area contributed by atoms with Crippen LogP contribution in [0, 0.1) is 5.82 Å². The number of anilines is 1. The van der Waals surface area contributed by atoms with E-state index < -0.39 is 21.9 Å². The summed E-state index contributed by atoms with van der Waals surface area (Å²) in [6.45, 7) is 2.01. The Morgan fingerprint density at radius 1 is 1.15 bits per heavy atom. The average Bonchev–Trinajstić information content (AvgIpc) is 2.76. The average molecular weight is 498 g/mol. The molecule has 0 radical (unpaired) electrons. The van der Waals surface area contributed by atoms with Crippen LogP contribution in [0.4, 0.5) is 10.1 Å². The van der Waals surface area contributed by atoms with Gasteiger partial charge in [-0.2, -0.15) is 0 Å². The molecule has 0 aliphatic heterocycles. The molecule has 0 unspecified atom stereocenters. The Morgan fingerprint density at radius 2 is 1.82 bits per heavy atom. The van der Waals surface area contributed by atoms with E-state index in [-0.39, 0.29) is 37.7 Å². The number of rotatable bonds is 11. The van der Waals surface area contributed by atoms with Crippen molar-refractivity contribution in [2.75, 3.05) is 24.2 Å². The molecule has 0 bridgehead atoms. The molecule has 0 fully saturated rings. The maximum absolute atomic E-state index is 13.3. The third-order valence-corrected chi connectivity index (χ3v) is 6.58. The smallest absolute Gasteiger partial charge is 0.242 e. The number of sulfonamides is 1. The monoisotopic (exact) mass is 497 g/mol. The maximum Gasteiger partial charge on any atom is 0.242 e. The summed E-state index contributed by atoms with van der Waals surface area (Å²) in [6.07, 6.45) is 1.75. The minimum Gasteiger partial charge on any atom is -0.357 e. The van der Waals surface area contributed by atoms with E-state index in [0.717, 1.165) is 6.26 Å². The topological polar surface area (TPSA) is 86.8 Å². The molecule has 2 aromatic carbocycles. The highest BCUT2D eigenvalue weighted by Gasteiger charge is 2.28. The highest BCUT2D eigenvalue weighted by Crippen LogP contribution is 2.23. The van der Waals surface area contributed by atoms with Crippen LogP contribution in [-0.4, -0.2) is 51.0 Å². The lowest BCUT2D eigenvalue weighted by molar-refractivity contribution is -0.141. The molecule has 2 rings (SSSR count). The van der Waals surface area contributed by atoms with E-state index in [9.17, 15) is 22.4 Å². The second-order valence-corrected chi connectivity index (χ2v) is 9.95. The fourth-order valence-electron chi connectivity index (χ4n) is 3.51. The number of likely N-dealkylation sites (N-methyl/N-ethyl adjacent to an activating group) is 1. The van der Waals surface area contributed by atoms with Gasteiger partial charge in [0, 0.05) is 31.6 Å². The molecule has 1 atom stereocenters. The molecule has 10 heteroatoms. The summed E-state index contributed by atoms with van der Waals surface area (Å²) in [5.74, 6) is -0.990. The third kappa shape index (κ3) is 7.71. The first-order valence-electron chi connectivity index (χ1n) is 10.6. The molecule has 33 heavy (non-hydrogen) atoms. The molecular formula is C23H29ClFN3O4S.